The molecule has 0 spiro atoms. The predicted octanol–water partition coefficient (Wildman–Crippen LogP) is 1.59. The fourth-order valence-electron chi connectivity index (χ4n) is 1.06. The van der Waals surface area contributed by atoms with Gasteiger partial charge in [-0.25, -0.2) is 0 Å². The van der Waals surface area contributed by atoms with E-state index < -0.39 is 0 Å². The summed E-state index contributed by atoms with van der Waals surface area (Å²) in [6, 6.07) is 0.698. The lowest BCUT2D eigenvalue weighted by molar-refractivity contribution is 0.376. The second kappa shape index (κ2) is 5.81. The first-order chi connectivity index (χ1) is 4.86. The quantitative estimate of drug-likeness (QED) is 0.649. The van der Waals surface area contributed by atoms with Gasteiger partial charge in [-0.15, -0.1) is 12.4 Å². The van der Waals surface area contributed by atoms with Crippen LogP contribution in [0.2, 0.25) is 0 Å². The van der Waals surface area contributed by atoms with Gasteiger partial charge < -0.3 is 10.1 Å². The Morgan fingerprint density at radius 2 is 2.00 bits per heavy atom. The van der Waals surface area contributed by atoms with Crippen LogP contribution in [0.1, 0.15) is 26.7 Å². The number of hydrogen-bond acceptors (Lipinski definition) is 2. The van der Waals surface area contributed by atoms with Crippen LogP contribution in [0, 0.1) is 0 Å². The minimum Gasteiger partial charge on any atom is -0.372 e. The van der Waals surface area contributed by atoms with E-state index in [2.05, 4.69) is 19.2 Å². The predicted molar refractivity (Wildman–Crippen MR) is 49.4 cm³/mol. The number of ether oxygens (including phenoxy) is 1. The van der Waals surface area contributed by atoms with Gasteiger partial charge in [0.05, 0.1) is 12.7 Å². The van der Waals surface area contributed by atoms with Crippen molar-refractivity contribution in [3.63, 3.8) is 0 Å². The molecule has 1 fully saturated rings. The molecule has 0 amide bonds. The van der Waals surface area contributed by atoms with Crippen LogP contribution in [0.5, 0.6) is 0 Å². The first kappa shape index (κ1) is 11.2. The molecule has 11 heavy (non-hydrogen) atoms. The number of rotatable bonds is 5. The van der Waals surface area contributed by atoms with Gasteiger partial charge in [-0.1, -0.05) is 13.8 Å². The average molecular weight is 180 g/mol. The van der Waals surface area contributed by atoms with Crippen molar-refractivity contribution in [2.75, 3.05) is 13.2 Å². The van der Waals surface area contributed by atoms with Crippen LogP contribution in [0.25, 0.3) is 0 Å². The van der Waals surface area contributed by atoms with Crippen molar-refractivity contribution in [3.05, 3.63) is 0 Å². The molecule has 1 N–H and O–H groups in total. The fraction of sp³-hybridized carbons (Fsp3) is 1.00. The van der Waals surface area contributed by atoms with Crippen molar-refractivity contribution >= 4 is 12.4 Å². The summed E-state index contributed by atoms with van der Waals surface area (Å²) in [7, 11) is 0. The average Bonchev–Trinajstić information content (AvgIpc) is 2.74. The summed E-state index contributed by atoms with van der Waals surface area (Å²) in [5.41, 5.74) is 0. The zero-order chi connectivity index (χ0) is 7.40. The molecular weight excluding hydrogens is 162 g/mol. The molecule has 0 bridgehead atoms. The third-order valence-corrected chi connectivity index (χ3v) is 2.02. The highest BCUT2D eigenvalue weighted by molar-refractivity contribution is 5.85. The highest BCUT2D eigenvalue weighted by Crippen LogP contribution is 2.07. The third kappa shape index (κ3) is 4.62. The van der Waals surface area contributed by atoms with E-state index in [-0.39, 0.29) is 12.4 Å². The number of nitrogens with one attached hydrogen (secondary N) is 1. The number of hydrogen-bond donors (Lipinski definition) is 1. The van der Waals surface area contributed by atoms with Gasteiger partial charge in [0.2, 0.25) is 0 Å². The van der Waals surface area contributed by atoms with E-state index >= 15 is 0 Å². The maximum absolute atomic E-state index is 5.09. The van der Waals surface area contributed by atoms with Gasteiger partial charge in [0, 0.05) is 12.6 Å². The third-order valence-electron chi connectivity index (χ3n) is 2.02. The van der Waals surface area contributed by atoms with E-state index in [9.17, 15) is 0 Å². The molecule has 0 radical (unpaired) electrons. The molecule has 3 heteroatoms. The van der Waals surface area contributed by atoms with Gasteiger partial charge in [-0.2, -0.15) is 0 Å². The van der Waals surface area contributed by atoms with Gasteiger partial charge in [0.15, 0.2) is 0 Å². The Balaban J connectivity index is 0.000001000. The summed E-state index contributed by atoms with van der Waals surface area (Å²) >= 11 is 0. The van der Waals surface area contributed by atoms with Crippen LogP contribution in [-0.2, 0) is 4.74 Å². The smallest absolute Gasteiger partial charge is 0.0934 e. The largest absolute Gasteiger partial charge is 0.372 e. The second-order valence-corrected chi connectivity index (χ2v) is 2.88. The minimum atomic E-state index is 0. The monoisotopic (exact) mass is 179 g/mol. The Kier molecular flexibility index (Phi) is 5.92. The summed E-state index contributed by atoms with van der Waals surface area (Å²) in [5.74, 6) is 0. The SMILES string of the molecule is CCC(CC)NCC1CO1.Cl. The first-order valence-electron chi connectivity index (χ1n) is 4.21. The van der Waals surface area contributed by atoms with E-state index in [1.54, 1.807) is 0 Å². The normalized spacial score (nSPS) is 21.5. The molecule has 0 saturated carbocycles. The molecule has 0 aromatic rings. The van der Waals surface area contributed by atoms with Crippen LogP contribution >= 0.6 is 12.4 Å². The molecule has 1 saturated heterocycles. The highest BCUT2D eigenvalue weighted by Gasteiger charge is 2.22. The van der Waals surface area contributed by atoms with Crippen molar-refractivity contribution in [3.8, 4) is 0 Å². The summed E-state index contributed by atoms with van der Waals surface area (Å²) in [6.45, 7) is 6.45. The molecule has 1 heterocycles. The lowest BCUT2D eigenvalue weighted by Crippen LogP contribution is -2.30. The van der Waals surface area contributed by atoms with Crippen LogP contribution in [0.4, 0.5) is 0 Å². The second-order valence-electron chi connectivity index (χ2n) is 2.88. The Hall–Kier alpha value is 0.210. The van der Waals surface area contributed by atoms with Crippen molar-refractivity contribution in [1.82, 2.24) is 5.32 Å². The van der Waals surface area contributed by atoms with Crippen LogP contribution in [0.15, 0.2) is 0 Å². The lowest BCUT2D eigenvalue weighted by atomic mass is 10.2. The van der Waals surface area contributed by atoms with Gasteiger partial charge in [-0.05, 0) is 12.8 Å². The van der Waals surface area contributed by atoms with Gasteiger partial charge in [0.1, 0.15) is 0 Å². The molecule has 1 aliphatic heterocycles. The molecule has 1 unspecified atom stereocenters. The standard InChI is InChI=1S/C8H17NO.ClH/c1-3-7(4-2)9-5-8-6-10-8;/h7-9H,3-6H2,1-2H3;1H. The first-order valence-corrected chi connectivity index (χ1v) is 4.21. The zero-order valence-corrected chi connectivity index (χ0v) is 8.12. The number of halogens is 1. The summed E-state index contributed by atoms with van der Waals surface area (Å²) in [5, 5.41) is 3.46. The van der Waals surface area contributed by atoms with Crippen LogP contribution < -0.4 is 5.32 Å². The van der Waals surface area contributed by atoms with Crippen molar-refractivity contribution < 1.29 is 4.74 Å². The summed E-state index contributed by atoms with van der Waals surface area (Å²) in [6.07, 6.45) is 2.98. The summed E-state index contributed by atoms with van der Waals surface area (Å²) < 4.78 is 5.09. The Labute approximate surface area is 75.1 Å². The molecule has 68 valence electrons. The van der Waals surface area contributed by atoms with E-state index in [1.165, 1.54) is 12.8 Å². The van der Waals surface area contributed by atoms with E-state index in [0.29, 0.717) is 12.1 Å². The molecule has 1 rings (SSSR count). The maximum atomic E-state index is 5.09. The topological polar surface area (TPSA) is 24.6 Å². The Morgan fingerprint density at radius 1 is 1.45 bits per heavy atom. The van der Waals surface area contributed by atoms with Crippen molar-refractivity contribution in [1.29, 1.82) is 0 Å². The van der Waals surface area contributed by atoms with Crippen LogP contribution in [0.3, 0.4) is 0 Å². The Morgan fingerprint density at radius 3 is 2.36 bits per heavy atom. The van der Waals surface area contributed by atoms with E-state index in [4.69, 9.17) is 4.74 Å². The maximum Gasteiger partial charge on any atom is 0.0934 e. The van der Waals surface area contributed by atoms with E-state index in [0.717, 1.165) is 13.2 Å². The minimum absolute atomic E-state index is 0. The zero-order valence-electron chi connectivity index (χ0n) is 7.30. The lowest BCUT2D eigenvalue weighted by Gasteiger charge is -2.12. The van der Waals surface area contributed by atoms with Gasteiger partial charge >= 0.3 is 0 Å². The molecule has 2 nitrogen and oxygen atoms in total. The Bertz CT molecular complexity index is 92.1. The number of epoxide rings is 1. The highest BCUT2D eigenvalue weighted by atomic mass is 35.5. The summed E-state index contributed by atoms with van der Waals surface area (Å²) in [4.78, 5) is 0. The van der Waals surface area contributed by atoms with Crippen molar-refractivity contribution in [2.45, 2.75) is 38.8 Å². The van der Waals surface area contributed by atoms with Gasteiger partial charge in [-0.3, -0.25) is 0 Å². The molecule has 1 aliphatic rings. The molecular formula is C8H18ClNO. The molecule has 0 aliphatic carbocycles. The molecule has 1 atom stereocenters. The molecule has 0 aromatic carbocycles. The van der Waals surface area contributed by atoms with Gasteiger partial charge in [0.25, 0.3) is 0 Å². The van der Waals surface area contributed by atoms with Crippen molar-refractivity contribution in [2.24, 2.45) is 0 Å². The molecule has 0 aromatic heterocycles. The fourth-order valence-corrected chi connectivity index (χ4v) is 1.06. The van der Waals surface area contributed by atoms with E-state index in [1.807, 2.05) is 0 Å². The van der Waals surface area contributed by atoms with Crippen LogP contribution in [-0.4, -0.2) is 25.3 Å².